The van der Waals surface area contributed by atoms with Crippen molar-refractivity contribution in [3.05, 3.63) is 23.9 Å². The molecule has 1 aromatic heterocycles. The molecule has 13 heteroatoms. The fourth-order valence-corrected chi connectivity index (χ4v) is 5.51. The van der Waals surface area contributed by atoms with E-state index in [4.69, 9.17) is 10.8 Å². The summed E-state index contributed by atoms with van der Waals surface area (Å²) in [5.74, 6) is -1.99. The van der Waals surface area contributed by atoms with Gasteiger partial charge in [0.1, 0.15) is 22.0 Å². The molecular formula is C16H17N5O6S2. The third-order valence-electron chi connectivity index (χ3n) is 4.56. The van der Waals surface area contributed by atoms with Crippen LogP contribution in [0.25, 0.3) is 0 Å². The number of nitrogens with two attached hydrogens (primary N) is 1. The smallest absolute Gasteiger partial charge is 0.431 e. The van der Waals surface area contributed by atoms with Crippen LogP contribution < -0.4 is 11.1 Å². The highest BCUT2D eigenvalue weighted by molar-refractivity contribution is 8.04. The minimum atomic E-state index is -1.60. The molecule has 3 heterocycles. The van der Waals surface area contributed by atoms with E-state index >= 15 is 0 Å². The van der Waals surface area contributed by atoms with Crippen LogP contribution in [-0.2, 0) is 14.4 Å². The maximum absolute atomic E-state index is 12.6. The van der Waals surface area contributed by atoms with E-state index in [0.29, 0.717) is 0 Å². The van der Waals surface area contributed by atoms with E-state index < -0.39 is 45.8 Å². The Labute approximate surface area is 173 Å². The van der Waals surface area contributed by atoms with Gasteiger partial charge in [0.05, 0.1) is 5.69 Å². The molecular weight excluding hydrogens is 422 g/mol. The Morgan fingerprint density at radius 2 is 2.14 bits per heavy atom. The largest absolute Gasteiger partial charge is 0.480 e. The second kappa shape index (κ2) is 7.91. The van der Waals surface area contributed by atoms with Gasteiger partial charge in [-0.2, -0.15) is 4.99 Å². The molecule has 2 aliphatic rings. The molecule has 0 radical (unpaired) electrons. The van der Waals surface area contributed by atoms with Gasteiger partial charge in [0, 0.05) is 12.3 Å². The van der Waals surface area contributed by atoms with Crippen molar-refractivity contribution in [2.75, 3.05) is 24.3 Å². The minimum Gasteiger partial charge on any atom is -0.480 e. The molecule has 0 aliphatic carbocycles. The number of carbonyl (C=O) groups is 4. The second-order valence-electron chi connectivity index (χ2n) is 6.31. The van der Waals surface area contributed by atoms with Crippen molar-refractivity contribution in [1.29, 1.82) is 0 Å². The third-order valence-corrected chi connectivity index (χ3v) is 7.50. The summed E-state index contributed by atoms with van der Waals surface area (Å²) in [5.41, 5.74) is 5.05. The first kappa shape index (κ1) is 20.9. The Morgan fingerprint density at radius 1 is 1.41 bits per heavy atom. The van der Waals surface area contributed by atoms with Crippen LogP contribution in [0.3, 0.4) is 0 Å². The average molecular weight is 439 g/mol. The highest BCUT2D eigenvalue weighted by Crippen LogP contribution is 2.43. The van der Waals surface area contributed by atoms with Gasteiger partial charge in [-0.3, -0.25) is 14.4 Å². The molecule has 3 amide bonds. The Hall–Kier alpha value is -2.80. The number of carbonyl (C=O) groups excluding carboxylic acids is 2. The number of anilines is 1. The van der Waals surface area contributed by atoms with E-state index in [-0.39, 0.29) is 23.8 Å². The fraction of sp³-hybridized carbons (Fsp3) is 0.375. The number of carboxylic acid groups (broad SMARTS) is 2. The molecule has 1 aromatic rings. The van der Waals surface area contributed by atoms with Crippen molar-refractivity contribution >= 4 is 58.9 Å². The van der Waals surface area contributed by atoms with E-state index in [1.165, 1.54) is 34.9 Å². The van der Waals surface area contributed by atoms with Gasteiger partial charge in [-0.25, -0.2) is 9.78 Å². The van der Waals surface area contributed by atoms with Gasteiger partial charge in [0.25, 0.3) is 5.91 Å². The van der Waals surface area contributed by atoms with E-state index in [1.54, 1.807) is 6.26 Å². The standard InChI is InChI=1S/C16H17N5O6S2/c1-28-16(14(24)25)5-21-12(23)10(13(21)29-6-16)19-11(22)9(20-15(26)27)7-3-2-4-8(17)18-7/h2-4,10,13H,5-6H2,1H3,(H2,17,18)(H,19,22)(H,24,25)(H,26,27)/t10?,13-,16?/m1/s1. The van der Waals surface area contributed by atoms with Crippen LogP contribution in [0.15, 0.2) is 23.2 Å². The van der Waals surface area contributed by atoms with Gasteiger partial charge >= 0.3 is 12.1 Å². The predicted octanol–water partition coefficient (Wildman–Crippen LogP) is -0.283. The number of carboxylic acids is 1. The quantitative estimate of drug-likeness (QED) is 0.352. The normalized spacial score (nSPS) is 26.3. The van der Waals surface area contributed by atoms with E-state index in [9.17, 15) is 24.3 Å². The van der Waals surface area contributed by atoms with Gasteiger partial charge in [-0.1, -0.05) is 6.07 Å². The molecule has 2 unspecified atom stereocenters. The monoisotopic (exact) mass is 439 g/mol. The third kappa shape index (κ3) is 3.87. The molecule has 2 aliphatic heterocycles. The van der Waals surface area contributed by atoms with Gasteiger partial charge in [-0.15, -0.1) is 23.5 Å². The zero-order valence-corrected chi connectivity index (χ0v) is 16.7. The highest BCUT2D eigenvalue weighted by Gasteiger charge is 2.57. The number of hydrogen-bond acceptors (Lipinski definition) is 8. The topological polar surface area (TPSA) is 175 Å². The zero-order valence-electron chi connectivity index (χ0n) is 15.1. The summed E-state index contributed by atoms with van der Waals surface area (Å²) < 4.78 is -1.10. The van der Waals surface area contributed by atoms with Crippen molar-refractivity contribution in [2.45, 2.75) is 16.2 Å². The van der Waals surface area contributed by atoms with Crippen molar-refractivity contribution in [3.63, 3.8) is 0 Å². The molecule has 2 saturated heterocycles. The predicted molar refractivity (Wildman–Crippen MR) is 107 cm³/mol. The number of aliphatic carboxylic acids is 1. The summed E-state index contributed by atoms with van der Waals surface area (Å²) in [7, 11) is 0. The van der Waals surface area contributed by atoms with Gasteiger partial charge in [-0.05, 0) is 18.4 Å². The summed E-state index contributed by atoms with van der Waals surface area (Å²) in [6.07, 6.45) is 0.0744. The number of nitrogens with one attached hydrogen (secondary N) is 1. The van der Waals surface area contributed by atoms with Crippen LogP contribution in [0.1, 0.15) is 5.69 Å². The van der Waals surface area contributed by atoms with Crippen LogP contribution in [0.2, 0.25) is 0 Å². The number of thioether (sulfide) groups is 2. The molecule has 0 spiro atoms. The van der Waals surface area contributed by atoms with Crippen LogP contribution in [-0.4, -0.2) is 84.4 Å². The Kier molecular flexibility index (Phi) is 5.71. The molecule has 3 atom stereocenters. The van der Waals surface area contributed by atoms with Crippen LogP contribution in [0.5, 0.6) is 0 Å². The molecule has 29 heavy (non-hydrogen) atoms. The summed E-state index contributed by atoms with van der Waals surface area (Å²) >= 11 is 2.41. The van der Waals surface area contributed by atoms with Crippen molar-refractivity contribution in [1.82, 2.24) is 15.2 Å². The maximum Gasteiger partial charge on any atom is 0.431 e. The first-order chi connectivity index (χ1) is 13.7. The molecule has 3 rings (SSSR count). The van der Waals surface area contributed by atoms with Gasteiger partial charge in [0.2, 0.25) is 5.91 Å². The van der Waals surface area contributed by atoms with Crippen molar-refractivity contribution in [3.8, 4) is 0 Å². The summed E-state index contributed by atoms with van der Waals surface area (Å²) in [5, 5.41) is 20.5. The number of aliphatic imine (C=N–C) groups is 1. The Morgan fingerprint density at radius 3 is 2.72 bits per heavy atom. The lowest BCUT2D eigenvalue weighted by atomic mass is 10.0. The first-order valence-electron chi connectivity index (χ1n) is 8.24. The summed E-state index contributed by atoms with van der Waals surface area (Å²) in [6.45, 7) is 0.0270. The van der Waals surface area contributed by atoms with E-state index in [0.717, 1.165) is 11.8 Å². The number of fused-ring (bicyclic) bond motifs is 1. The number of amides is 3. The summed E-state index contributed by atoms with van der Waals surface area (Å²) in [6, 6.07) is 3.42. The number of β-lactam (4-membered cyclic amide) rings is 1. The number of nitrogen functional groups attached to an aromatic ring is 1. The Bertz CT molecular complexity index is 925. The lowest BCUT2D eigenvalue weighted by Crippen LogP contribution is -2.74. The molecule has 154 valence electrons. The highest BCUT2D eigenvalue weighted by atomic mass is 32.2. The number of nitrogens with zero attached hydrogens (tertiary/aromatic N) is 3. The van der Waals surface area contributed by atoms with E-state index in [1.807, 2.05) is 0 Å². The molecule has 5 N–H and O–H groups in total. The zero-order chi connectivity index (χ0) is 21.3. The van der Waals surface area contributed by atoms with Crippen LogP contribution in [0.4, 0.5) is 10.6 Å². The minimum absolute atomic E-state index is 0.0270. The molecule has 0 bridgehead atoms. The van der Waals surface area contributed by atoms with Gasteiger partial charge in [0.15, 0.2) is 5.71 Å². The second-order valence-corrected chi connectivity index (χ2v) is 8.61. The molecule has 0 aromatic carbocycles. The number of aromatic nitrogens is 1. The fourth-order valence-electron chi connectivity index (χ4n) is 3.00. The van der Waals surface area contributed by atoms with Crippen LogP contribution in [0, 0.1) is 0 Å². The molecule has 0 saturated carbocycles. The van der Waals surface area contributed by atoms with E-state index in [2.05, 4.69) is 15.3 Å². The summed E-state index contributed by atoms with van der Waals surface area (Å²) in [4.78, 5) is 56.4. The Balaban J connectivity index is 1.76. The maximum atomic E-state index is 12.6. The van der Waals surface area contributed by atoms with Gasteiger partial charge < -0.3 is 26.2 Å². The SMILES string of the molecule is CSC1(C(=O)O)CS[C@@H]2C(NC(=O)C(=NC(=O)O)c3cccc(N)n3)C(=O)N2C1. The molecule has 2 fully saturated rings. The number of pyridine rings is 1. The van der Waals surface area contributed by atoms with Crippen molar-refractivity contribution < 1.29 is 29.4 Å². The lowest BCUT2D eigenvalue weighted by molar-refractivity contribution is -0.151. The first-order valence-corrected chi connectivity index (χ1v) is 10.5. The van der Waals surface area contributed by atoms with Crippen LogP contribution >= 0.6 is 23.5 Å². The average Bonchev–Trinajstić information content (AvgIpc) is 2.69. The number of rotatable bonds is 5. The molecule has 11 nitrogen and oxygen atoms in total. The van der Waals surface area contributed by atoms with Crippen molar-refractivity contribution in [2.24, 2.45) is 4.99 Å². The number of hydrogen-bond donors (Lipinski definition) is 4. The lowest BCUT2D eigenvalue weighted by Gasteiger charge is -2.53.